The summed E-state index contributed by atoms with van der Waals surface area (Å²) in [5.41, 5.74) is 0.635. The van der Waals surface area contributed by atoms with Crippen molar-refractivity contribution in [2.75, 3.05) is 24.7 Å². The lowest BCUT2D eigenvalue weighted by Crippen LogP contribution is -2.40. The van der Waals surface area contributed by atoms with Crippen LogP contribution in [0.1, 0.15) is 26.7 Å². The Kier molecular flexibility index (Phi) is 6.17. The Morgan fingerprint density at radius 3 is 2.88 bits per heavy atom. The Bertz CT molecular complexity index is 617. The molecule has 0 spiro atoms. The van der Waals surface area contributed by atoms with Gasteiger partial charge in [-0.1, -0.05) is 19.1 Å². The molecule has 1 unspecified atom stereocenters. The van der Waals surface area contributed by atoms with Crippen molar-refractivity contribution in [1.29, 1.82) is 0 Å². The monoisotopic (exact) mass is 334 g/mol. The summed E-state index contributed by atoms with van der Waals surface area (Å²) in [6.07, 6.45) is 0.814. The number of ether oxygens (including phenoxy) is 2. The van der Waals surface area contributed by atoms with Gasteiger partial charge in [0, 0.05) is 12.6 Å². The molecule has 1 N–H and O–H groups in total. The van der Waals surface area contributed by atoms with Gasteiger partial charge in [-0.25, -0.2) is 0 Å². The number of carbonyl (C=O) groups excluding carboxylic acids is 3. The van der Waals surface area contributed by atoms with Crippen LogP contribution in [0.2, 0.25) is 0 Å². The van der Waals surface area contributed by atoms with E-state index in [1.165, 1.54) is 4.90 Å². The summed E-state index contributed by atoms with van der Waals surface area (Å²) in [5, 5.41) is 2.71. The first-order valence-corrected chi connectivity index (χ1v) is 7.98. The average molecular weight is 334 g/mol. The van der Waals surface area contributed by atoms with Gasteiger partial charge in [-0.05, 0) is 25.5 Å². The number of hydrogen-bond acceptors (Lipinski definition) is 5. The molecule has 2 amide bonds. The summed E-state index contributed by atoms with van der Waals surface area (Å²) >= 11 is 0. The second-order valence-electron chi connectivity index (χ2n) is 5.59. The van der Waals surface area contributed by atoms with E-state index in [4.69, 9.17) is 9.47 Å². The van der Waals surface area contributed by atoms with Crippen LogP contribution in [-0.2, 0) is 19.1 Å². The predicted molar refractivity (Wildman–Crippen MR) is 87.8 cm³/mol. The highest BCUT2D eigenvalue weighted by Gasteiger charge is 2.25. The lowest BCUT2D eigenvalue weighted by Gasteiger charge is -2.28. The van der Waals surface area contributed by atoms with Crippen molar-refractivity contribution < 1.29 is 23.9 Å². The number of para-hydroxylation sites is 2. The minimum Gasteiger partial charge on any atom is -0.482 e. The van der Waals surface area contributed by atoms with E-state index >= 15 is 0 Å². The Morgan fingerprint density at radius 2 is 2.12 bits per heavy atom. The smallest absolute Gasteiger partial charge is 0.308 e. The highest BCUT2D eigenvalue weighted by atomic mass is 16.5. The number of anilines is 1. The zero-order valence-electron chi connectivity index (χ0n) is 13.9. The third-order valence-corrected chi connectivity index (χ3v) is 3.73. The van der Waals surface area contributed by atoms with E-state index in [2.05, 4.69) is 5.32 Å². The highest BCUT2D eigenvalue weighted by Crippen LogP contribution is 2.31. The van der Waals surface area contributed by atoms with Crippen molar-refractivity contribution in [1.82, 2.24) is 5.32 Å². The van der Waals surface area contributed by atoms with Crippen LogP contribution in [0.15, 0.2) is 24.3 Å². The maximum atomic E-state index is 12.0. The minimum absolute atomic E-state index is 0.0106. The van der Waals surface area contributed by atoms with E-state index in [0.717, 1.165) is 6.42 Å². The van der Waals surface area contributed by atoms with Gasteiger partial charge in [-0.2, -0.15) is 0 Å². The van der Waals surface area contributed by atoms with Crippen molar-refractivity contribution in [3.63, 3.8) is 0 Å². The van der Waals surface area contributed by atoms with Crippen LogP contribution in [0.25, 0.3) is 0 Å². The zero-order valence-corrected chi connectivity index (χ0v) is 13.9. The number of hydrogen-bond donors (Lipinski definition) is 1. The standard InChI is InChI=1S/C17H22N2O5/c1-3-12(2)18-15(20)10-24-17(22)8-9-19-13-6-4-5-7-14(13)23-11-16(19)21/h4-7,12H,3,8-11H2,1-2H3,(H,18,20). The van der Waals surface area contributed by atoms with E-state index in [1.807, 2.05) is 19.9 Å². The zero-order chi connectivity index (χ0) is 17.5. The fourth-order valence-corrected chi connectivity index (χ4v) is 2.24. The number of nitrogens with zero attached hydrogens (tertiary/aromatic N) is 1. The summed E-state index contributed by atoms with van der Waals surface area (Å²) < 4.78 is 10.3. The van der Waals surface area contributed by atoms with Crippen molar-refractivity contribution >= 4 is 23.5 Å². The predicted octanol–water partition coefficient (Wildman–Crippen LogP) is 1.26. The molecule has 7 heteroatoms. The molecular formula is C17H22N2O5. The number of rotatable bonds is 7. The van der Waals surface area contributed by atoms with Gasteiger partial charge in [-0.15, -0.1) is 0 Å². The fraction of sp³-hybridized carbons (Fsp3) is 0.471. The molecule has 0 bridgehead atoms. The van der Waals surface area contributed by atoms with Crippen molar-refractivity contribution in [2.45, 2.75) is 32.7 Å². The molecule has 1 aliphatic rings. The third kappa shape index (κ3) is 4.71. The molecule has 0 saturated heterocycles. The Morgan fingerprint density at radius 1 is 1.38 bits per heavy atom. The maximum Gasteiger partial charge on any atom is 0.308 e. The first kappa shape index (κ1) is 17.8. The number of carbonyl (C=O) groups is 3. The molecule has 1 atom stereocenters. The molecule has 0 fully saturated rings. The number of nitrogens with one attached hydrogen (secondary N) is 1. The van der Waals surface area contributed by atoms with Gasteiger partial charge in [0.15, 0.2) is 13.2 Å². The SMILES string of the molecule is CCC(C)NC(=O)COC(=O)CCN1C(=O)COc2ccccc21. The van der Waals surface area contributed by atoms with Crippen LogP contribution in [0.3, 0.4) is 0 Å². The topological polar surface area (TPSA) is 84.9 Å². The second-order valence-corrected chi connectivity index (χ2v) is 5.59. The summed E-state index contributed by atoms with van der Waals surface area (Å²) in [5.74, 6) is -0.453. The van der Waals surface area contributed by atoms with Gasteiger partial charge in [0.05, 0.1) is 12.1 Å². The van der Waals surface area contributed by atoms with Gasteiger partial charge in [0.25, 0.3) is 11.8 Å². The average Bonchev–Trinajstić information content (AvgIpc) is 2.59. The van der Waals surface area contributed by atoms with Crippen molar-refractivity contribution in [3.05, 3.63) is 24.3 Å². The lowest BCUT2D eigenvalue weighted by atomic mass is 10.2. The summed E-state index contributed by atoms with van der Waals surface area (Å²) in [6, 6.07) is 7.19. The number of esters is 1. The molecule has 0 radical (unpaired) electrons. The Labute approximate surface area is 140 Å². The first-order chi connectivity index (χ1) is 11.5. The Balaban J connectivity index is 1.82. The second kappa shape index (κ2) is 8.33. The van der Waals surface area contributed by atoms with E-state index < -0.39 is 5.97 Å². The van der Waals surface area contributed by atoms with Gasteiger partial charge >= 0.3 is 5.97 Å². The van der Waals surface area contributed by atoms with Crippen LogP contribution in [0.4, 0.5) is 5.69 Å². The number of fused-ring (bicyclic) bond motifs is 1. The van der Waals surface area contributed by atoms with Gasteiger partial charge in [0.2, 0.25) is 0 Å². The van der Waals surface area contributed by atoms with Gasteiger partial charge in [0.1, 0.15) is 5.75 Å². The molecule has 7 nitrogen and oxygen atoms in total. The van der Waals surface area contributed by atoms with E-state index in [1.54, 1.807) is 18.2 Å². The lowest BCUT2D eigenvalue weighted by molar-refractivity contribution is -0.148. The van der Waals surface area contributed by atoms with Gasteiger partial charge < -0.3 is 19.7 Å². The molecule has 1 heterocycles. The van der Waals surface area contributed by atoms with Gasteiger partial charge in [-0.3, -0.25) is 14.4 Å². The van der Waals surface area contributed by atoms with Crippen molar-refractivity contribution in [2.24, 2.45) is 0 Å². The summed E-state index contributed by atoms with van der Waals surface area (Å²) in [4.78, 5) is 36.8. The highest BCUT2D eigenvalue weighted by molar-refractivity contribution is 5.98. The number of amides is 2. The molecular weight excluding hydrogens is 312 g/mol. The molecule has 2 rings (SSSR count). The molecule has 0 aromatic heterocycles. The Hall–Kier alpha value is -2.57. The minimum atomic E-state index is -0.522. The summed E-state index contributed by atoms with van der Waals surface area (Å²) in [7, 11) is 0. The maximum absolute atomic E-state index is 12.0. The van der Waals surface area contributed by atoms with Crippen LogP contribution < -0.4 is 15.0 Å². The quantitative estimate of drug-likeness (QED) is 0.759. The molecule has 0 aliphatic carbocycles. The fourth-order valence-electron chi connectivity index (χ4n) is 2.24. The molecule has 24 heavy (non-hydrogen) atoms. The molecule has 0 saturated carbocycles. The van der Waals surface area contributed by atoms with Crippen LogP contribution in [0, 0.1) is 0 Å². The van der Waals surface area contributed by atoms with Crippen LogP contribution >= 0.6 is 0 Å². The van der Waals surface area contributed by atoms with E-state index in [-0.39, 0.29) is 44.0 Å². The molecule has 130 valence electrons. The largest absolute Gasteiger partial charge is 0.482 e. The number of benzene rings is 1. The van der Waals surface area contributed by atoms with E-state index in [9.17, 15) is 14.4 Å². The summed E-state index contributed by atoms with van der Waals surface area (Å²) in [6.45, 7) is 3.65. The van der Waals surface area contributed by atoms with Crippen LogP contribution in [0.5, 0.6) is 5.75 Å². The molecule has 1 aromatic carbocycles. The third-order valence-electron chi connectivity index (χ3n) is 3.73. The van der Waals surface area contributed by atoms with E-state index in [0.29, 0.717) is 11.4 Å². The first-order valence-electron chi connectivity index (χ1n) is 7.98. The van der Waals surface area contributed by atoms with Crippen molar-refractivity contribution in [3.8, 4) is 5.75 Å². The van der Waals surface area contributed by atoms with Crippen LogP contribution in [-0.4, -0.2) is 43.6 Å². The normalized spacial score (nSPS) is 14.4. The molecule has 1 aromatic rings. The molecule has 1 aliphatic heterocycles.